The van der Waals surface area contributed by atoms with Gasteiger partial charge in [0.25, 0.3) is 0 Å². The van der Waals surface area contributed by atoms with Gasteiger partial charge in [-0.2, -0.15) is 0 Å². The summed E-state index contributed by atoms with van der Waals surface area (Å²) >= 11 is 12.1. The number of hydrogen-bond donors (Lipinski definition) is 1. The molecular formula is C16H16Cl2FN. The van der Waals surface area contributed by atoms with Crippen LogP contribution in [0.15, 0.2) is 42.5 Å². The molecule has 106 valence electrons. The Morgan fingerprint density at radius 1 is 1.00 bits per heavy atom. The Morgan fingerprint density at radius 3 is 2.40 bits per heavy atom. The van der Waals surface area contributed by atoms with Crippen molar-refractivity contribution in [1.29, 1.82) is 0 Å². The Labute approximate surface area is 128 Å². The third-order valence-electron chi connectivity index (χ3n) is 3.28. The summed E-state index contributed by atoms with van der Waals surface area (Å²) < 4.78 is 13.1. The molecule has 0 bridgehead atoms. The summed E-state index contributed by atoms with van der Waals surface area (Å²) in [7, 11) is 0. The molecule has 1 unspecified atom stereocenters. The van der Waals surface area contributed by atoms with E-state index in [2.05, 4.69) is 12.2 Å². The first-order chi connectivity index (χ1) is 9.47. The van der Waals surface area contributed by atoms with Crippen LogP contribution in [0.25, 0.3) is 0 Å². The quantitative estimate of drug-likeness (QED) is 0.781. The predicted molar refractivity (Wildman–Crippen MR) is 82.8 cm³/mol. The van der Waals surface area contributed by atoms with E-state index < -0.39 is 0 Å². The fourth-order valence-electron chi connectivity index (χ4n) is 2.19. The lowest BCUT2D eigenvalue weighted by molar-refractivity contribution is 0.494. The molecule has 0 aliphatic rings. The second-order valence-electron chi connectivity index (χ2n) is 4.83. The zero-order valence-electron chi connectivity index (χ0n) is 11.3. The van der Waals surface area contributed by atoms with Gasteiger partial charge < -0.3 is 5.32 Å². The molecular weight excluding hydrogens is 296 g/mol. The highest BCUT2D eigenvalue weighted by Gasteiger charge is 2.14. The fraction of sp³-hybridized carbons (Fsp3) is 0.250. The minimum atomic E-state index is -0.325. The molecule has 1 N–H and O–H groups in total. The van der Waals surface area contributed by atoms with Crippen LogP contribution in [0.1, 0.15) is 37.1 Å². The van der Waals surface area contributed by atoms with E-state index in [9.17, 15) is 4.39 Å². The lowest BCUT2D eigenvalue weighted by Crippen LogP contribution is -2.22. The SMILES string of the molecule is CC(N[C@@H](C)c1cccc(Cl)c1)c1ccc(F)cc1Cl. The first kappa shape index (κ1) is 15.3. The zero-order valence-corrected chi connectivity index (χ0v) is 12.8. The zero-order chi connectivity index (χ0) is 14.7. The Bertz CT molecular complexity index is 601. The van der Waals surface area contributed by atoms with E-state index in [1.807, 2.05) is 31.2 Å². The van der Waals surface area contributed by atoms with Crippen molar-refractivity contribution in [3.63, 3.8) is 0 Å². The molecule has 0 aliphatic heterocycles. The summed E-state index contributed by atoms with van der Waals surface area (Å²) in [6.45, 7) is 4.06. The minimum absolute atomic E-state index is 0.0112. The van der Waals surface area contributed by atoms with E-state index in [1.165, 1.54) is 12.1 Å². The van der Waals surface area contributed by atoms with Crippen molar-refractivity contribution >= 4 is 23.2 Å². The van der Waals surface area contributed by atoms with E-state index >= 15 is 0 Å². The lowest BCUT2D eigenvalue weighted by Gasteiger charge is -2.21. The van der Waals surface area contributed by atoms with Gasteiger partial charge in [0.15, 0.2) is 0 Å². The maximum absolute atomic E-state index is 13.1. The number of rotatable bonds is 4. The normalized spacial score (nSPS) is 14.1. The summed E-state index contributed by atoms with van der Waals surface area (Å²) in [4.78, 5) is 0. The standard InChI is InChI=1S/C16H16Cl2FN/c1-10(12-4-3-5-13(17)8-12)20-11(2)15-7-6-14(19)9-16(15)18/h3-11,20H,1-2H3/t10-,11?/m0/s1. The molecule has 2 aromatic carbocycles. The van der Waals surface area contributed by atoms with Crippen molar-refractivity contribution in [2.24, 2.45) is 0 Å². The molecule has 2 atom stereocenters. The van der Waals surface area contributed by atoms with Gasteiger partial charge >= 0.3 is 0 Å². The summed E-state index contributed by atoms with van der Waals surface area (Å²) in [5.74, 6) is -0.325. The van der Waals surface area contributed by atoms with E-state index in [0.29, 0.717) is 10.0 Å². The maximum atomic E-state index is 13.1. The van der Waals surface area contributed by atoms with Crippen LogP contribution in [-0.2, 0) is 0 Å². The van der Waals surface area contributed by atoms with Gasteiger partial charge in [0.1, 0.15) is 5.82 Å². The van der Waals surface area contributed by atoms with Gasteiger partial charge in [-0.25, -0.2) is 4.39 Å². The minimum Gasteiger partial charge on any atom is -0.304 e. The van der Waals surface area contributed by atoms with E-state index in [1.54, 1.807) is 6.07 Å². The highest BCUT2D eigenvalue weighted by molar-refractivity contribution is 6.31. The van der Waals surface area contributed by atoms with Crippen molar-refractivity contribution in [1.82, 2.24) is 5.32 Å². The third-order valence-corrected chi connectivity index (χ3v) is 3.84. The van der Waals surface area contributed by atoms with Crippen LogP contribution < -0.4 is 5.32 Å². The molecule has 0 heterocycles. The highest BCUT2D eigenvalue weighted by atomic mass is 35.5. The van der Waals surface area contributed by atoms with Crippen molar-refractivity contribution in [2.45, 2.75) is 25.9 Å². The Hall–Kier alpha value is -1.09. The van der Waals surface area contributed by atoms with Crippen LogP contribution in [0, 0.1) is 5.82 Å². The predicted octanol–water partition coefficient (Wildman–Crippen LogP) is 5.54. The molecule has 4 heteroatoms. The van der Waals surface area contributed by atoms with Crippen LogP contribution in [0.3, 0.4) is 0 Å². The molecule has 0 radical (unpaired) electrons. The molecule has 0 fully saturated rings. The molecule has 2 rings (SSSR count). The third kappa shape index (κ3) is 3.72. The molecule has 0 saturated carbocycles. The van der Waals surface area contributed by atoms with E-state index in [-0.39, 0.29) is 17.9 Å². The van der Waals surface area contributed by atoms with Gasteiger partial charge in [-0.15, -0.1) is 0 Å². The summed E-state index contributed by atoms with van der Waals surface area (Å²) in [6.07, 6.45) is 0. The van der Waals surface area contributed by atoms with Crippen molar-refractivity contribution in [2.75, 3.05) is 0 Å². The summed E-state index contributed by atoms with van der Waals surface area (Å²) in [5, 5.41) is 4.58. The van der Waals surface area contributed by atoms with Gasteiger partial charge in [0, 0.05) is 22.1 Å². The smallest absolute Gasteiger partial charge is 0.124 e. The Balaban J connectivity index is 2.12. The second-order valence-corrected chi connectivity index (χ2v) is 5.67. The van der Waals surface area contributed by atoms with Gasteiger partial charge in [0.05, 0.1) is 0 Å². The molecule has 1 nitrogen and oxygen atoms in total. The van der Waals surface area contributed by atoms with Crippen molar-refractivity contribution in [3.8, 4) is 0 Å². The van der Waals surface area contributed by atoms with Crippen LogP contribution in [0.2, 0.25) is 10.0 Å². The van der Waals surface area contributed by atoms with Crippen LogP contribution >= 0.6 is 23.2 Å². The first-order valence-corrected chi connectivity index (χ1v) is 7.19. The highest BCUT2D eigenvalue weighted by Crippen LogP contribution is 2.26. The van der Waals surface area contributed by atoms with Gasteiger partial charge in [-0.05, 0) is 49.2 Å². The number of hydrogen-bond acceptors (Lipinski definition) is 1. The Morgan fingerprint density at radius 2 is 1.75 bits per heavy atom. The van der Waals surface area contributed by atoms with Gasteiger partial charge in [-0.1, -0.05) is 41.4 Å². The van der Waals surface area contributed by atoms with Crippen molar-refractivity contribution in [3.05, 3.63) is 69.5 Å². The van der Waals surface area contributed by atoms with Gasteiger partial charge in [0.2, 0.25) is 0 Å². The van der Waals surface area contributed by atoms with Crippen molar-refractivity contribution < 1.29 is 4.39 Å². The summed E-state index contributed by atoms with van der Waals surface area (Å²) in [5.41, 5.74) is 1.98. The monoisotopic (exact) mass is 311 g/mol. The Kier molecular flexibility index (Phi) is 5.03. The fourth-order valence-corrected chi connectivity index (χ4v) is 2.72. The average Bonchev–Trinajstić information content (AvgIpc) is 2.38. The van der Waals surface area contributed by atoms with Crippen LogP contribution in [-0.4, -0.2) is 0 Å². The topological polar surface area (TPSA) is 12.0 Å². The first-order valence-electron chi connectivity index (χ1n) is 6.44. The number of halogens is 3. The summed E-state index contributed by atoms with van der Waals surface area (Å²) in [6, 6.07) is 12.3. The number of nitrogens with one attached hydrogen (secondary N) is 1. The van der Waals surface area contributed by atoms with E-state index in [0.717, 1.165) is 11.1 Å². The average molecular weight is 312 g/mol. The maximum Gasteiger partial charge on any atom is 0.124 e. The van der Waals surface area contributed by atoms with E-state index in [4.69, 9.17) is 23.2 Å². The molecule has 0 aromatic heterocycles. The molecule has 0 amide bonds. The largest absolute Gasteiger partial charge is 0.304 e. The van der Waals surface area contributed by atoms with Crippen LogP contribution in [0.5, 0.6) is 0 Å². The molecule has 20 heavy (non-hydrogen) atoms. The van der Waals surface area contributed by atoms with Gasteiger partial charge in [-0.3, -0.25) is 0 Å². The second kappa shape index (κ2) is 6.57. The molecule has 0 aliphatic carbocycles. The lowest BCUT2D eigenvalue weighted by atomic mass is 10.0. The van der Waals surface area contributed by atoms with Crippen LogP contribution in [0.4, 0.5) is 4.39 Å². The molecule has 0 spiro atoms. The molecule has 2 aromatic rings. The number of benzene rings is 2. The molecule has 0 saturated heterocycles.